The first-order valence-corrected chi connectivity index (χ1v) is 14.5. The molecule has 198 valence electrons. The molecule has 0 saturated carbocycles. The van der Waals surface area contributed by atoms with E-state index in [2.05, 4.69) is 180 Å². The lowest BCUT2D eigenvalue weighted by atomic mass is 9.87. The first-order valence-electron chi connectivity index (χ1n) is 14.5. The molecule has 1 aromatic heterocycles. The number of benzene rings is 7. The summed E-state index contributed by atoms with van der Waals surface area (Å²) in [5.41, 5.74) is 6.03. The van der Waals surface area contributed by atoms with Crippen molar-refractivity contribution in [3.8, 4) is 0 Å². The summed E-state index contributed by atoms with van der Waals surface area (Å²) in [6.45, 7) is 0. The third-order valence-corrected chi connectivity index (χ3v) is 8.39. The fourth-order valence-electron chi connectivity index (χ4n) is 6.55. The molecular weight excluding hydrogens is 508 g/mol. The number of anilines is 3. The van der Waals surface area contributed by atoms with Gasteiger partial charge in [-0.3, -0.25) is 0 Å². The van der Waals surface area contributed by atoms with Crippen LogP contribution < -0.4 is 9.47 Å². The third-order valence-electron chi connectivity index (χ3n) is 8.39. The molecule has 8 aromatic rings. The van der Waals surface area contributed by atoms with Crippen LogP contribution in [-0.2, 0) is 0 Å². The highest BCUT2D eigenvalue weighted by atomic mass is 15.1. The molecule has 42 heavy (non-hydrogen) atoms. The minimum atomic E-state index is 0.0570. The first-order chi connectivity index (χ1) is 20.9. The number of para-hydroxylation sites is 2. The number of hydrogen-bond acceptors (Lipinski definition) is 1. The SMILES string of the molecule is c1ccc(C(c2ccc3ccc4c(N(c5ccccc5)c5ccccc5)ccc5ccc2c3c54)[n+]2ccccc2)cc1. The van der Waals surface area contributed by atoms with Crippen molar-refractivity contribution in [3.63, 3.8) is 0 Å². The molecule has 0 aliphatic rings. The Morgan fingerprint density at radius 2 is 0.929 bits per heavy atom. The zero-order chi connectivity index (χ0) is 27.9. The fraction of sp³-hybridized carbons (Fsp3) is 0.0250. The van der Waals surface area contributed by atoms with E-state index in [1.165, 1.54) is 49.1 Å². The van der Waals surface area contributed by atoms with E-state index in [0.29, 0.717) is 0 Å². The van der Waals surface area contributed by atoms with E-state index in [0.717, 1.165) is 11.4 Å². The van der Waals surface area contributed by atoms with E-state index < -0.39 is 0 Å². The van der Waals surface area contributed by atoms with Crippen LogP contribution in [0.4, 0.5) is 17.1 Å². The molecule has 0 spiro atoms. The lowest BCUT2D eigenvalue weighted by Gasteiger charge is -2.27. The maximum atomic E-state index is 2.37. The van der Waals surface area contributed by atoms with Gasteiger partial charge in [-0.1, -0.05) is 115 Å². The number of hydrogen-bond donors (Lipinski definition) is 0. The molecule has 0 N–H and O–H groups in total. The summed E-state index contributed by atoms with van der Waals surface area (Å²) in [5, 5.41) is 7.69. The van der Waals surface area contributed by atoms with Crippen molar-refractivity contribution >= 4 is 49.4 Å². The summed E-state index contributed by atoms with van der Waals surface area (Å²) in [5.74, 6) is 0. The topological polar surface area (TPSA) is 7.12 Å². The van der Waals surface area contributed by atoms with Gasteiger partial charge in [-0.15, -0.1) is 0 Å². The van der Waals surface area contributed by atoms with Crippen LogP contribution in [0.3, 0.4) is 0 Å². The van der Waals surface area contributed by atoms with Crippen LogP contribution in [0, 0.1) is 0 Å². The van der Waals surface area contributed by atoms with E-state index in [4.69, 9.17) is 0 Å². The molecule has 7 aromatic carbocycles. The Bertz CT molecular complexity index is 1890. The zero-order valence-corrected chi connectivity index (χ0v) is 23.1. The van der Waals surface area contributed by atoms with Gasteiger partial charge in [0.1, 0.15) is 0 Å². The second-order valence-electron chi connectivity index (χ2n) is 10.8. The number of aromatic nitrogens is 1. The van der Waals surface area contributed by atoms with Crippen molar-refractivity contribution in [2.45, 2.75) is 6.04 Å². The van der Waals surface area contributed by atoms with Gasteiger partial charge in [0.15, 0.2) is 12.4 Å². The Balaban J connectivity index is 1.42. The lowest BCUT2D eigenvalue weighted by molar-refractivity contribution is -0.704. The van der Waals surface area contributed by atoms with Crippen molar-refractivity contribution in [1.29, 1.82) is 0 Å². The summed E-state index contributed by atoms with van der Waals surface area (Å²) < 4.78 is 2.32. The van der Waals surface area contributed by atoms with E-state index in [1.54, 1.807) is 0 Å². The van der Waals surface area contributed by atoms with Gasteiger partial charge < -0.3 is 4.90 Å². The largest absolute Gasteiger partial charge is 0.310 e. The summed E-state index contributed by atoms with van der Waals surface area (Å²) in [6.07, 6.45) is 4.34. The van der Waals surface area contributed by atoms with Gasteiger partial charge in [0.25, 0.3) is 0 Å². The third kappa shape index (κ3) is 4.00. The van der Waals surface area contributed by atoms with E-state index in [-0.39, 0.29) is 6.04 Å². The highest BCUT2D eigenvalue weighted by Crippen LogP contribution is 2.45. The van der Waals surface area contributed by atoms with Gasteiger partial charge in [0.2, 0.25) is 6.04 Å². The standard InChI is InChI=1S/C40H29N2/c1-5-13-31(14-6-1)40(41-27-11-4-12-28-41)35-24-20-29-21-25-36-37(26-22-30-19-23-34(35)38(29)39(30)36)42(32-15-7-2-8-16-32)33-17-9-3-10-18-33/h1-28,40H/q+1. The minimum Gasteiger partial charge on any atom is -0.310 e. The number of nitrogens with zero attached hydrogens (tertiary/aromatic N) is 2. The summed E-state index contributed by atoms with van der Waals surface area (Å²) in [6, 6.07) is 56.9. The second-order valence-corrected chi connectivity index (χ2v) is 10.8. The van der Waals surface area contributed by atoms with Crippen LogP contribution in [0.15, 0.2) is 170 Å². The Hall–Kier alpha value is -5.47. The molecule has 1 atom stereocenters. The smallest absolute Gasteiger partial charge is 0.209 e. The van der Waals surface area contributed by atoms with E-state index in [9.17, 15) is 0 Å². The van der Waals surface area contributed by atoms with Crippen molar-refractivity contribution in [2.75, 3.05) is 4.90 Å². The fourth-order valence-corrected chi connectivity index (χ4v) is 6.55. The van der Waals surface area contributed by atoms with Crippen molar-refractivity contribution in [3.05, 3.63) is 181 Å². The van der Waals surface area contributed by atoms with Crippen molar-refractivity contribution in [2.24, 2.45) is 0 Å². The molecule has 0 amide bonds. The molecule has 1 heterocycles. The molecule has 0 aliphatic carbocycles. The summed E-state index contributed by atoms with van der Waals surface area (Å²) >= 11 is 0. The van der Waals surface area contributed by atoms with Gasteiger partial charge >= 0.3 is 0 Å². The minimum absolute atomic E-state index is 0.0570. The number of rotatable bonds is 6. The highest BCUT2D eigenvalue weighted by Gasteiger charge is 2.27. The van der Waals surface area contributed by atoms with Gasteiger partial charge in [0, 0.05) is 40.0 Å². The Kier molecular flexibility index (Phi) is 5.89. The number of pyridine rings is 1. The van der Waals surface area contributed by atoms with E-state index in [1.807, 2.05) is 0 Å². The van der Waals surface area contributed by atoms with Gasteiger partial charge in [-0.05, 0) is 57.3 Å². The maximum Gasteiger partial charge on any atom is 0.209 e. The van der Waals surface area contributed by atoms with Crippen LogP contribution >= 0.6 is 0 Å². The average molecular weight is 538 g/mol. The molecule has 0 aliphatic heterocycles. The molecule has 0 saturated heterocycles. The molecule has 2 nitrogen and oxygen atoms in total. The first kappa shape index (κ1) is 24.3. The Morgan fingerprint density at radius 1 is 0.429 bits per heavy atom. The molecular formula is C40H29N2+. The predicted octanol–water partition coefficient (Wildman–Crippen LogP) is 9.98. The van der Waals surface area contributed by atoms with Crippen molar-refractivity contribution in [1.82, 2.24) is 0 Å². The summed E-state index contributed by atoms with van der Waals surface area (Å²) in [7, 11) is 0. The predicted molar refractivity (Wildman–Crippen MR) is 175 cm³/mol. The van der Waals surface area contributed by atoms with Crippen molar-refractivity contribution < 1.29 is 4.57 Å². The molecule has 0 fully saturated rings. The molecule has 1 unspecified atom stereocenters. The van der Waals surface area contributed by atoms with Gasteiger partial charge in [0.05, 0.1) is 5.69 Å². The Labute approximate surface area is 245 Å². The van der Waals surface area contributed by atoms with Crippen LogP contribution in [0.2, 0.25) is 0 Å². The van der Waals surface area contributed by atoms with Crippen LogP contribution in [0.25, 0.3) is 32.3 Å². The van der Waals surface area contributed by atoms with Crippen LogP contribution in [0.5, 0.6) is 0 Å². The second kappa shape index (κ2) is 10.2. The molecule has 0 radical (unpaired) electrons. The van der Waals surface area contributed by atoms with Crippen LogP contribution in [0.1, 0.15) is 17.2 Å². The molecule has 8 rings (SSSR count). The zero-order valence-electron chi connectivity index (χ0n) is 23.1. The molecule has 2 heteroatoms. The quantitative estimate of drug-likeness (QED) is 0.151. The normalized spacial score (nSPS) is 12.2. The highest BCUT2D eigenvalue weighted by molar-refractivity contribution is 6.26. The summed E-state index contributed by atoms with van der Waals surface area (Å²) in [4.78, 5) is 2.37. The monoisotopic (exact) mass is 537 g/mol. The average Bonchev–Trinajstić information content (AvgIpc) is 3.07. The maximum absolute atomic E-state index is 2.37. The van der Waals surface area contributed by atoms with Crippen LogP contribution in [-0.4, -0.2) is 0 Å². The Morgan fingerprint density at radius 3 is 1.57 bits per heavy atom. The lowest BCUT2D eigenvalue weighted by Crippen LogP contribution is -2.40. The molecule has 0 bridgehead atoms. The van der Waals surface area contributed by atoms with Gasteiger partial charge in [-0.2, -0.15) is 4.57 Å². The van der Waals surface area contributed by atoms with E-state index >= 15 is 0 Å². The van der Waals surface area contributed by atoms with Gasteiger partial charge in [-0.25, -0.2) is 0 Å².